The molecular formula is C15H20Br2N2O2. The Morgan fingerprint density at radius 2 is 1.90 bits per heavy atom. The van der Waals surface area contributed by atoms with Crippen LogP contribution in [0.4, 0.5) is 0 Å². The lowest BCUT2D eigenvalue weighted by atomic mass is 10.1. The Morgan fingerprint density at radius 3 is 2.43 bits per heavy atom. The predicted molar refractivity (Wildman–Crippen MR) is 90.5 cm³/mol. The number of amides is 1. The molecular weight excluding hydrogens is 400 g/mol. The molecule has 1 heterocycles. The number of carbonyl (C=O) groups excluding carboxylic acids is 1. The number of hydrogen-bond acceptors (Lipinski definition) is 3. The highest BCUT2D eigenvalue weighted by atomic mass is 79.9. The molecule has 4 nitrogen and oxygen atoms in total. The van der Waals surface area contributed by atoms with Gasteiger partial charge in [-0.3, -0.25) is 4.79 Å². The number of halogens is 2. The smallest absolute Gasteiger partial charge is 0.263 e. The first-order valence-electron chi connectivity index (χ1n) is 7.16. The summed E-state index contributed by atoms with van der Waals surface area (Å²) in [6, 6.07) is 3.97. The standard InChI is InChI=1S/C15H20Br2N2O2/c1-10(15(20)19-6-2-3-7-19)21-14-12(16)8-11(4-5-18)9-13(14)17/h8-10H,2-7,18H2,1H3. The lowest BCUT2D eigenvalue weighted by molar-refractivity contribution is -0.136. The van der Waals surface area contributed by atoms with Crippen LogP contribution in [0, 0.1) is 0 Å². The second kappa shape index (κ2) is 7.61. The van der Waals surface area contributed by atoms with Gasteiger partial charge < -0.3 is 15.4 Å². The Hall–Kier alpha value is -0.590. The molecule has 21 heavy (non-hydrogen) atoms. The highest BCUT2D eigenvalue weighted by Crippen LogP contribution is 2.35. The fourth-order valence-electron chi connectivity index (χ4n) is 2.46. The van der Waals surface area contributed by atoms with Crippen molar-refractivity contribution < 1.29 is 9.53 Å². The van der Waals surface area contributed by atoms with E-state index in [0.29, 0.717) is 12.3 Å². The lowest BCUT2D eigenvalue weighted by Gasteiger charge is -2.22. The minimum atomic E-state index is -0.490. The third-order valence-electron chi connectivity index (χ3n) is 3.55. The maximum atomic E-state index is 12.3. The van der Waals surface area contributed by atoms with Gasteiger partial charge >= 0.3 is 0 Å². The van der Waals surface area contributed by atoms with Crippen LogP contribution in [0.3, 0.4) is 0 Å². The zero-order chi connectivity index (χ0) is 15.4. The molecule has 0 aromatic heterocycles. The van der Waals surface area contributed by atoms with E-state index >= 15 is 0 Å². The lowest BCUT2D eigenvalue weighted by Crippen LogP contribution is -2.38. The van der Waals surface area contributed by atoms with Crippen LogP contribution in [0.15, 0.2) is 21.1 Å². The molecule has 1 saturated heterocycles. The first-order valence-corrected chi connectivity index (χ1v) is 8.75. The summed E-state index contributed by atoms with van der Waals surface area (Å²) in [5, 5.41) is 0. The van der Waals surface area contributed by atoms with Crippen molar-refractivity contribution in [3.8, 4) is 5.75 Å². The summed E-state index contributed by atoms with van der Waals surface area (Å²) in [4.78, 5) is 14.2. The fraction of sp³-hybridized carbons (Fsp3) is 0.533. The highest BCUT2D eigenvalue weighted by Gasteiger charge is 2.25. The van der Waals surface area contributed by atoms with Crippen molar-refractivity contribution in [3.63, 3.8) is 0 Å². The number of rotatable bonds is 5. The Morgan fingerprint density at radius 1 is 1.33 bits per heavy atom. The van der Waals surface area contributed by atoms with Crippen LogP contribution in [-0.4, -0.2) is 36.5 Å². The van der Waals surface area contributed by atoms with E-state index in [0.717, 1.165) is 46.9 Å². The van der Waals surface area contributed by atoms with E-state index in [1.54, 1.807) is 6.92 Å². The van der Waals surface area contributed by atoms with E-state index in [1.165, 1.54) is 0 Å². The molecule has 1 aromatic carbocycles. The Labute approximate surface area is 142 Å². The zero-order valence-electron chi connectivity index (χ0n) is 12.1. The molecule has 0 aliphatic carbocycles. The van der Waals surface area contributed by atoms with Crippen molar-refractivity contribution in [3.05, 3.63) is 26.6 Å². The predicted octanol–water partition coefficient (Wildman–Crippen LogP) is 3.10. The van der Waals surface area contributed by atoms with Gasteiger partial charge in [0.25, 0.3) is 5.91 Å². The normalized spacial score (nSPS) is 16.1. The van der Waals surface area contributed by atoms with E-state index in [4.69, 9.17) is 10.5 Å². The van der Waals surface area contributed by atoms with Gasteiger partial charge in [-0.05, 0) is 82.3 Å². The van der Waals surface area contributed by atoms with Crippen molar-refractivity contribution in [2.45, 2.75) is 32.3 Å². The number of carbonyl (C=O) groups is 1. The minimum absolute atomic E-state index is 0.0531. The fourth-order valence-corrected chi connectivity index (χ4v) is 3.93. The molecule has 1 fully saturated rings. The maximum Gasteiger partial charge on any atom is 0.263 e. The molecule has 1 aliphatic rings. The molecule has 1 aromatic rings. The monoisotopic (exact) mass is 418 g/mol. The van der Waals surface area contributed by atoms with Crippen LogP contribution in [0.5, 0.6) is 5.75 Å². The van der Waals surface area contributed by atoms with Crippen LogP contribution in [0.1, 0.15) is 25.3 Å². The van der Waals surface area contributed by atoms with Crippen molar-refractivity contribution in [1.29, 1.82) is 0 Å². The summed E-state index contributed by atoms with van der Waals surface area (Å²) in [6.07, 6.45) is 2.48. The number of benzene rings is 1. The van der Waals surface area contributed by atoms with E-state index < -0.39 is 6.10 Å². The molecule has 0 bridgehead atoms. The number of likely N-dealkylation sites (tertiary alicyclic amines) is 1. The minimum Gasteiger partial charge on any atom is -0.479 e. The van der Waals surface area contributed by atoms with Gasteiger partial charge in [-0.25, -0.2) is 0 Å². The molecule has 116 valence electrons. The molecule has 1 aliphatic heterocycles. The number of ether oxygens (including phenoxy) is 1. The third kappa shape index (κ3) is 4.20. The van der Waals surface area contributed by atoms with Crippen molar-refractivity contribution >= 4 is 37.8 Å². The van der Waals surface area contributed by atoms with Crippen LogP contribution < -0.4 is 10.5 Å². The molecule has 1 amide bonds. The summed E-state index contributed by atoms with van der Waals surface area (Å²) in [5.41, 5.74) is 6.70. The molecule has 2 N–H and O–H groups in total. The summed E-state index contributed by atoms with van der Waals surface area (Å²) >= 11 is 7.02. The molecule has 6 heteroatoms. The quantitative estimate of drug-likeness (QED) is 0.797. The maximum absolute atomic E-state index is 12.3. The van der Waals surface area contributed by atoms with Gasteiger partial charge in [-0.1, -0.05) is 0 Å². The Kier molecular flexibility index (Phi) is 6.08. The molecule has 1 atom stereocenters. The van der Waals surface area contributed by atoms with Gasteiger partial charge in [-0.2, -0.15) is 0 Å². The van der Waals surface area contributed by atoms with Gasteiger partial charge in [-0.15, -0.1) is 0 Å². The molecule has 0 saturated carbocycles. The average molecular weight is 420 g/mol. The van der Waals surface area contributed by atoms with Crippen molar-refractivity contribution in [2.24, 2.45) is 5.73 Å². The first-order chi connectivity index (χ1) is 10.0. The summed E-state index contributed by atoms with van der Waals surface area (Å²) < 4.78 is 7.54. The van der Waals surface area contributed by atoms with Crippen LogP contribution in [0.25, 0.3) is 0 Å². The van der Waals surface area contributed by atoms with Crippen LogP contribution in [0.2, 0.25) is 0 Å². The number of nitrogens with zero attached hydrogens (tertiary/aromatic N) is 1. The topological polar surface area (TPSA) is 55.6 Å². The zero-order valence-corrected chi connectivity index (χ0v) is 15.2. The molecule has 2 rings (SSSR count). The van der Waals surface area contributed by atoms with Gasteiger partial charge in [0, 0.05) is 13.1 Å². The largest absolute Gasteiger partial charge is 0.479 e. The van der Waals surface area contributed by atoms with E-state index in [1.807, 2.05) is 17.0 Å². The van der Waals surface area contributed by atoms with Crippen molar-refractivity contribution in [1.82, 2.24) is 4.90 Å². The Balaban J connectivity index is 2.09. The summed E-state index contributed by atoms with van der Waals surface area (Å²) in [5.74, 6) is 0.716. The van der Waals surface area contributed by atoms with Gasteiger partial charge in [0.1, 0.15) is 5.75 Å². The third-order valence-corrected chi connectivity index (χ3v) is 4.73. The second-order valence-electron chi connectivity index (χ2n) is 5.22. The summed E-state index contributed by atoms with van der Waals surface area (Å²) in [6.45, 7) is 4.07. The SMILES string of the molecule is CC(Oc1c(Br)cc(CCN)cc1Br)C(=O)N1CCCC1. The average Bonchev–Trinajstić information content (AvgIpc) is 2.96. The van der Waals surface area contributed by atoms with E-state index in [9.17, 15) is 4.79 Å². The molecule has 0 spiro atoms. The summed E-state index contributed by atoms with van der Waals surface area (Å²) in [7, 11) is 0. The van der Waals surface area contributed by atoms with E-state index in [2.05, 4.69) is 31.9 Å². The van der Waals surface area contributed by atoms with Crippen LogP contribution in [-0.2, 0) is 11.2 Å². The highest BCUT2D eigenvalue weighted by molar-refractivity contribution is 9.11. The first kappa shape index (κ1) is 16.8. The molecule has 1 unspecified atom stereocenters. The molecule has 0 radical (unpaired) electrons. The van der Waals surface area contributed by atoms with E-state index in [-0.39, 0.29) is 5.91 Å². The van der Waals surface area contributed by atoms with Gasteiger partial charge in [0.05, 0.1) is 8.95 Å². The van der Waals surface area contributed by atoms with Crippen molar-refractivity contribution in [2.75, 3.05) is 19.6 Å². The van der Waals surface area contributed by atoms with Gasteiger partial charge in [0.15, 0.2) is 6.10 Å². The number of hydrogen-bond donors (Lipinski definition) is 1. The van der Waals surface area contributed by atoms with Gasteiger partial charge in [0.2, 0.25) is 0 Å². The van der Waals surface area contributed by atoms with Crippen LogP contribution >= 0.6 is 31.9 Å². The number of nitrogens with two attached hydrogens (primary N) is 1. The Bertz CT molecular complexity index is 493. The second-order valence-corrected chi connectivity index (χ2v) is 6.93.